The second-order valence-corrected chi connectivity index (χ2v) is 13.2. The maximum absolute atomic E-state index is 14.3. The minimum Gasteiger partial charge on any atom is -0.294 e. The van der Waals surface area contributed by atoms with Crippen LogP contribution >= 0.6 is 23.7 Å². The summed E-state index contributed by atoms with van der Waals surface area (Å²) in [5.41, 5.74) is 3.76. The predicted molar refractivity (Wildman–Crippen MR) is 146 cm³/mol. The fraction of sp³-hybridized carbons (Fsp3) is 0.400. The van der Waals surface area contributed by atoms with Crippen LogP contribution in [0, 0.1) is 0 Å². The molecule has 37 heavy (non-hydrogen) atoms. The Bertz CT molecular complexity index is 1370. The number of urea groups is 1. The van der Waals surface area contributed by atoms with Gasteiger partial charge in [0, 0.05) is 30.1 Å². The monoisotopic (exact) mass is 566 g/mol. The molecule has 3 aliphatic heterocycles. The van der Waals surface area contributed by atoms with E-state index in [1.165, 1.54) is 18.0 Å². The van der Waals surface area contributed by atoms with Crippen LogP contribution in [0.5, 0.6) is 0 Å². The molecule has 0 saturated carbocycles. The van der Waals surface area contributed by atoms with E-state index in [4.69, 9.17) is 5.14 Å². The number of sulfonamides is 1. The zero-order valence-corrected chi connectivity index (χ0v) is 22.9. The van der Waals surface area contributed by atoms with Gasteiger partial charge in [0.1, 0.15) is 16.2 Å². The van der Waals surface area contributed by atoms with Crippen LogP contribution in [0.4, 0.5) is 19.3 Å². The van der Waals surface area contributed by atoms with Gasteiger partial charge in [0.15, 0.2) is 0 Å². The molecular weight excluding hydrogens is 538 g/mol. The number of primary sulfonamides is 1. The number of halogens is 2. The van der Waals surface area contributed by atoms with E-state index in [0.29, 0.717) is 54.2 Å². The van der Waals surface area contributed by atoms with Gasteiger partial charge in [-0.2, -0.15) is 0 Å². The lowest BCUT2D eigenvalue weighted by Gasteiger charge is -2.37. The number of benzene rings is 1. The third-order valence-corrected chi connectivity index (χ3v) is 11.1. The standard InChI is InChI=1S/C25H28F2N4O3S3/c1-14-4-5-15(2)24(37(28,33)34)35-23(14)31-11-3-10-30(25(31)32)18-8-6-16(7-9-18)22-19-12-17(26)13-20(27)21(19)29-36-22/h6-9,12,20-21,29H,3-5,10-11,13H2,1-2H3,(H2,28,33,34). The largest absolute Gasteiger partial charge is 0.329 e. The molecule has 1 aliphatic carbocycles. The van der Waals surface area contributed by atoms with Crippen LogP contribution < -0.4 is 14.8 Å². The van der Waals surface area contributed by atoms with Gasteiger partial charge in [0.2, 0.25) is 10.0 Å². The van der Waals surface area contributed by atoms with Crippen molar-refractivity contribution in [2.45, 2.75) is 51.7 Å². The zero-order chi connectivity index (χ0) is 26.5. The SMILES string of the molecule is CC1=C(N2CCCN(c3ccc(C4=C5C=C(F)CC(F)C5NS4)cc3)C2=O)SC(S(N)(=O)=O)=C(C)CC1. The van der Waals surface area contributed by atoms with Crippen LogP contribution in [0.3, 0.4) is 0 Å². The summed E-state index contributed by atoms with van der Waals surface area (Å²) in [4.78, 5) is 17.7. The number of fused-ring (bicyclic) bond motifs is 1. The fourth-order valence-electron chi connectivity index (χ4n) is 4.94. The molecule has 5 rings (SSSR count). The van der Waals surface area contributed by atoms with Gasteiger partial charge in [-0.3, -0.25) is 9.80 Å². The van der Waals surface area contributed by atoms with E-state index in [-0.39, 0.29) is 16.7 Å². The van der Waals surface area contributed by atoms with Gasteiger partial charge in [0.05, 0.1) is 11.1 Å². The molecule has 3 N–H and O–H groups in total. The number of anilines is 1. The van der Waals surface area contributed by atoms with Crippen LogP contribution in [-0.2, 0) is 10.0 Å². The summed E-state index contributed by atoms with van der Waals surface area (Å²) >= 11 is 2.34. The smallest absolute Gasteiger partial charge is 0.294 e. The molecule has 1 fully saturated rings. The second-order valence-electron chi connectivity index (χ2n) is 9.58. The van der Waals surface area contributed by atoms with Gasteiger partial charge < -0.3 is 0 Å². The third-order valence-electron chi connectivity index (χ3n) is 6.90. The number of nitrogens with two attached hydrogens (primary N) is 1. The first-order valence-corrected chi connectivity index (χ1v) is 15.2. The Labute approximate surface area is 224 Å². The number of amides is 2. The van der Waals surface area contributed by atoms with Gasteiger partial charge in [-0.05, 0) is 85.5 Å². The summed E-state index contributed by atoms with van der Waals surface area (Å²) in [6, 6.07) is 6.59. The molecule has 2 amide bonds. The molecule has 2 atom stereocenters. The van der Waals surface area contributed by atoms with Crippen LogP contribution in [0.2, 0.25) is 0 Å². The van der Waals surface area contributed by atoms with Crippen molar-refractivity contribution in [3.8, 4) is 0 Å². The molecule has 0 bridgehead atoms. The first kappa shape index (κ1) is 26.5. The number of rotatable bonds is 4. The van der Waals surface area contributed by atoms with Crippen molar-refractivity contribution in [3.63, 3.8) is 0 Å². The number of nitrogens with zero attached hydrogens (tertiary/aromatic N) is 2. The maximum Gasteiger partial charge on any atom is 0.329 e. The zero-order valence-electron chi connectivity index (χ0n) is 20.5. The molecule has 2 unspecified atom stereocenters. The molecule has 198 valence electrons. The highest BCUT2D eigenvalue weighted by Gasteiger charge is 2.37. The third kappa shape index (κ3) is 5.14. The Hall–Kier alpha value is -2.12. The minimum atomic E-state index is -3.91. The molecule has 3 heterocycles. The number of carbonyl (C=O) groups excluding carboxylic acids is 1. The second kappa shape index (κ2) is 10.2. The molecule has 7 nitrogen and oxygen atoms in total. The summed E-state index contributed by atoms with van der Waals surface area (Å²) in [5, 5.41) is 6.10. The van der Waals surface area contributed by atoms with Crippen LogP contribution in [0.25, 0.3) is 4.91 Å². The molecule has 0 spiro atoms. The average molecular weight is 567 g/mol. The Morgan fingerprint density at radius 3 is 2.46 bits per heavy atom. The number of hydrogen-bond acceptors (Lipinski definition) is 6. The quantitative estimate of drug-likeness (QED) is 0.466. The molecular formula is C25H28F2N4O3S3. The topological polar surface area (TPSA) is 95.7 Å². The summed E-state index contributed by atoms with van der Waals surface area (Å²) in [6.45, 7) is 4.68. The van der Waals surface area contributed by atoms with E-state index in [1.807, 2.05) is 31.2 Å². The van der Waals surface area contributed by atoms with Gasteiger partial charge in [-0.1, -0.05) is 23.9 Å². The van der Waals surface area contributed by atoms with Gasteiger partial charge in [0.25, 0.3) is 0 Å². The van der Waals surface area contributed by atoms with E-state index >= 15 is 0 Å². The number of thioether (sulfide) groups is 1. The predicted octanol–water partition coefficient (Wildman–Crippen LogP) is 5.52. The van der Waals surface area contributed by atoms with E-state index in [9.17, 15) is 22.0 Å². The highest BCUT2D eigenvalue weighted by atomic mass is 32.3. The van der Waals surface area contributed by atoms with Crippen LogP contribution in [-0.4, -0.2) is 44.7 Å². The first-order chi connectivity index (χ1) is 17.5. The number of carbonyl (C=O) groups is 1. The Morgan fingerprint density at radius 2 is 1.76 bits per heavy atom. The van der Waals surface area contributed by atoms with E-state index in [2.05, 4.69) is 4.72 Å². The van der Waals surface area contributed by atoms with Crippen LogP contribution in [0.1, 0.15) is 45.1 Å². The van der Waals surface area contributed by atoms with Crippen molar-refractivity contribution in [3.05, 3.63) is 67.7 Å². The number of nitrogens with one attached hydrogen (secondary N) is 1. The molecule has 0 aromatic heterocycles. The Balaban J connectivity index is 1.40. The van der Waals surface area contributed by atoms with Crippen molar-refractivity contribution in [2.24, 2.45) is 5.14 Å². The molecule has 12 heteroatoms. The highest BCUT2D eigenvalue weighted by Crippen LogP contribution is 2.44. The highest BCUT2D eigenvalue weighted by molar-refractivity contribution is 8.20. The lowest BCUT2D eigenvalue weighted by Crippen LogP contribution is -2.48. The molecule has 1 saturated heterocycles. The molecule has 0 radical (unpaired) electrons. The van der Waals surface area contributed by atoms with Gasteiger partial charge in [-0.15, -0.1) is 0 Å². The number of alkyl halides is 1. The van der Waals surface area contributed by atoms with Crippen LogP contribution in [0.15, 0.2) is 62.2 Å². The van der Waals surface area contributed by atoms with Crippen molar-refractivity contribution in [1.82, 2.24) is 9.62 Å². The summed E-state index contributed by atoms with van der Waals surface area (Å²) < 4.78 is 55.8. The normalized spacial score (nSPS) is 25.5. The number of allylic oxidation sites excluding steroid dienone is 3. The first-order valence-electron chi connectivity index (χ1n) is 12.0. The van der Waals surface area contributed by atoms with E-state index in [1.54, 1.807) is 16.7 Å². The van der Waals surface area contributed by atoms with E-state index in [0.717, 1.165) is 27.8 Å². The van der Waals surface area contributed by atoms with Crippen molar-refractivity contribution < 1.29 is 22.0 Å². The van der Waals surface area contributed by atoms with Crippen molar-refractivity contribution in [2.75, 3.05) is 18.0 Å². The summed E-state index contributed by atoms with van der Waals surface area (Å²) in [6.07, 6.45) is 1.80. The maximum atomic E-state index is 14.3. The molecule has 1 aromatic carbocycles. The fourth-order valence-corrected chi connectivity index (χ4v) is 8.32. The summed E-state index contributed by atoms with van der Waals surface area (Å²) in [7, 11) is -3.91. The summed E-state index contributed by atoms with van der Waals surface area (Å²) in [5.74, 6) is -0.465. The number of hydrogen-bond donors (Lipinski definition) is 2. The molecule has 4 aliphatic rings. The Kier molecular flexibility index (Phi) is 7.31. The Morgan fingerprint density at radius 1 is 1.08 bits per heavy atom. The van der Waals surface area contributed by atoms with Crippen molar-refractivity contribution >= 4 is 50.4 Å². The minimum absolute atomic E-state index is 0.104. The van der Waals surface area contributed by atoms with Crippen molar-refractivity contribution in [1.29, 1.82) is 0 Å². The average Bonchev–Trinajstić information content (AvgIpc) is 3.20. The van der Waals surface area contributed by atoms with Gasteiger partial charge >= 0.3 is 6.03 Å². The lowest BCUT2D eigenvalue weighted by atomic mass is 9.92. The molecule has 1 aromatic rings. The van der Waals surface area contributed by atoms with E-state index < -0.39 is 28.1 Å². The lowest BCUT2D eigenvalue weighted by molar-refractivity contribution is 0.212. The van der Waals surface area contributed by atoms with Gasteiger partial charge in [-0.25, -0.2) is 31.9 Å².